The Morgan fingerprint density at radius 1 is 1.00 bits per heavy atom. The standard InChI is InChI=1S/C31H33N3O4/c1-5-37-30(35)27-28(21-10-14-23(36-4)15-11-21)33-31-32-25-8-6-7-9-26(25)34(31)29(27)22-12-16-24(17-13-22)38-19-18-20(2)3/h6-17,20,29H,5,18-19H2,1-4H3,(H,32,33). The summed E-state index contributed by atoms with van der Waals surface area (Å²) in [6.07, 6.45) is 0.987. The van der Waals surface area contributed by atoms with Crippen molar-refractivity contribution >= 4 is 28.6 Å². The SMILES string of the molecule is CCOC(=O)C1=C(c2ccc(OC)cc2)Nc2nc3ccccc3n2C1c1ccc(OCCC(C)C)cc1. The van der Waals surface area contributed by atoms with E-state index in [2.05, 4.69) is 23.7 Å². The Labute approximate surface area is 223 Å². The number of benzene rings is 3. The fourth-order valence-corrected chi connectivity index (χ4v) is 4.72. The number of nitrogens with zero attached hydrogens (tertiary/aromatic N) is 2. The third-order valence-electron chi connectivity index (χ3n) is 6.67. The van der Waals surface area contributed by atoms with Crippen molar-refractivity contribution in [2.75, 3.05) is 25.6 Å². The molecule has 0 aliphatic carbocycles. The first-order valence-electron chi connectivity index (χ1n) is 13.0. The quantitative estimate of drug-likeness (QED) is 0.260. The number of ether oxygens (including phenoxy) is 3. The van der Waals surface area contributed by atoms with Crippen LogP contribution in [-0.4, -0.2) is 35.8 Å². The molecule has 196 valence electrons. The maximum absolute atomic E-state index is 13.6. The molecule has 0 amide bonds. The van der Waals surface area contributed by atoms with Crippen LogP contribution in [0.1, 0.15) is 44.4 Å². The molecule has 1 aliphatic heterocycles. The van der Waals surface area contributed by atoms with Crippen molar-refractivity contribution in [3.05, 3.63) is 89.5 Å². The van der Waals surface area contributed by atoms with Gasteiger partial charge in [-0.2, -0.15) is 0 Å². The van der Waals surface area contributed by atoms with Crippen LogP contribution in [-0.2, 0) is 9.53 Å². The van der Waals surface area contributed by atoms with E-state index in [0.29, 0.717) is 29.7 Å². The average Bonchev–Trinajstić information content (AvgIpc) is 3.31. The fourth-order valence-electron chi connectivity index (χ4n) is 4.72. The topological polar surface area (TPSA) is 74.6 Å². The average molecular weight is 512 g/mol. The van der Waals surface area contributed by atoms with Gasteiger partial charge in [0, 0.05) is 0 Å². The molecule has 1 atom stereocenters. The highest BCUT2D eigenvalue weighted by Crippen LogP contribution is 2.42. The number of hydrogen-bond acceptors (Lipinski definition) is 6. The Balaban J connectivity index is 1.66. The van der Waals surface area contributed by atoms with Crippen molar-refractivity contribution in [2.45, 2.75) is 33.2 Å². The number of carbonyl (C=O) groups excluding carboxylic acids is 1. The van der Waals surface area contributed by atoms with Crippen molar-refractivity contribution in [1.82, 2.24) is 9.55 Å². The zero-order valence-electron chi connectivity index (χ0n) is 22.2. The van der Waals surface area contributed by atoms with Gasteiger partial charge in [-0.15, -0.1) is 0 Å². The zero-order valence-corrected chi connectivity index (χ0v) is 22.2. The van der Waals surface area contributed by atoms with Gasteiger partial charge >= 0.3 is 5.97 Å². The van der Waals surface area contributed by atoms with E-state index in [0.717, 1.165) is 40.1 Å². The number of para-hydroxylation sites is 2. The third kappa shape index (κ3) is 4.96. The molecular formula is C31H33N3O4. The smallest absolute Gasteiger partial charge is 0.338 e. The zero-order chi connectivity index (χ0) is 26.6. The lowest BCUT2D eigenvalue weighted by atomic mass is 9.92. The van der Waals surface area contributed by atoms with Crippen LogP contribution in [0.4, 0.5) is 5.95 Å². The molecule has 1 aromatic heterocycles. The Morgan fingerprint density at radius 3 is 2.39 bits per heavy atom. The monoisotopic (exact) mass is 511 g/mol. The predicted octanol–water partition coefficient (Wildman–Crippen LogP) is 6.46. The van der Waals surface area contributed by atoms with Crippen molar-refractivity contribution in [1.29, 1.82) is 0 Å². The number of esters is 1. The van der Waals surface area contributed by atoms with E-state index >= 15 is 0 Å². The van der Waals surface area contributed by atoms with Crippen LogP contribution in [0.15, 0.2) is 78.4 Å². The molecule has 1 unspecified atom stereocenters. The minimum absolute atomic E-state index is 0.269. The Bertz CT molecular complexity index is 1450. The highest BCUT2D eigenvalue weighted by Gasteiger charge is 2.36. The Kier molecular flexibility index (Phi) is 7.36. The molecule has 3 aromatic carbocycles. The van der Waals surface area contributed by atoms with Gasteiger partial charge in [0.2, 0.25) is 5.95 Å². The van der Waals surface area contributed by atoms with E-state index < -0.39 is 6.04 Å². The minimum atomic E-state index is -0.459. The Hall–Kier alpha value is -4.26. The summed E-state index contributed by atoms with van der Waals surface area (Å²) in [5, 5.41) is 3.44. The summed E-state index contributed by atoms with van der Waals surface area (Å²) in [4.78, 5) is 18.5. The molecule has 4 aromatic rings. The summed E-state index contributed by atoms with van der Waals surface area (Å²) in [5.74, 6) is 2.39. The van der Waals surface area contributed by atoms with Crippen LogP contribution < -0.4 is 14.8 Å². The number of imidazole rings is 1. The number of rotatable bonds is 9. The second-order valence-corrected chi connectivity index (χ2v) is 9.66. The molecule has 7 heteroatoms. The van der Waals surface area contributed by atoms with Crippen molar-refractivity contribution in [3.8, 4) is 11.5 Å². The summed E-state index contributed by atoms with van der Waals surface area (Å²) in [5.41, 5.74) is 4.71. The molecule has 2 heterocycles. The van der Waals surface area contributed by atoms with Gasteiger partial charge in [-0.25, -0.2) is 9.78 Å². The lowest BCUT2D eigenvalue weighted by Gasteiger charge is -2.31. The molecular weight excluding hydrogens is 478 g/mol. The predicted molar refractivity (Wildman–Crippen MR) is 149 cm³/mol. The maximum atomic E-state index is 13.6. The van der Waals surface area contributed by atoms with E-state index in [4.69, 9.17) is 19.2 Å². The lowest BCUT2D eigenvalue weighted by Crippen LogP contribution is -2.29. The summed E-state index contributed by atoms with van der Waals surface area (Å²) in [6.45, 7) is 7.11. The Morgan fingerprint density at radius 2 is 1.71 bits per heavy atom. The summed E-state index contributed by atoms with van der Waals surface area (Å²) in [6, 6.07) is 23.1. The van der Waals surface area contributed by atoms with Gasteiger partial charge in [0.15, 0.2) is 0 Å². The maximum Gasteiger partial charge on any atom is 0.338 e. The van der Waals surface area contributed by atoms with E-state index in [1.54, 1.807) is 7.11 Å². The largest absolute Gasteiger partial charge is 0.497 e. The molecule has 38 heavy (non-hydrogen) atoms. The van der Waals surface area contributed by atoms with Crippen LogP contribution in [0, 0.1) is 5.92 Å². The van der Waals surface area contributed by atoms with E-state index in [9.17, 15) is 4.79 Å². The second-order valence-electron chi connectivity index (χ2n) is 9.66. The van der Waals surface area contributed by atoms with Gasteiger partial charge < -0.3 is 19.5 Å². The highest BCUT2D eigenvalue weighted by atomic mass is 16.5. The van der Waals surface area contributed by atoms with E-state index in [-0.39, 0.29) is 12.6 Å². The minimum Gasteiger partial charge on any atom is -0.497 e. The van der Waals surface area contributed by atoms with Gasteiger partial charge in [-0.05, 0) is 78.9 Å². The first-order chi connectivity index (χ1) is 18.5. The number of fused-ring (bicyclic) bond motifs is 3. The molecule has 0 radical (unpaired) electrons. The summed E-state index contributed by atoms with van der Waals surface area (Å²) >= 11 is 0. The van der Waals surface area contributed by atoms with Crippen molar-refractivity contribution in [2.24, 2.45) is 5.92 Å². The number of hydrogen-bond donors (Lipinski definition) is 1. The van der Waals surface area contributed by atoms with Gasteiger partial charge in [-0.1, -0.05) is 38.1 Å². The van der Waals surface area contributed by atoms with Crippen LogP contribution in [0.2, 0.25) is 0 Å². The highest BCUT2D eigenvalue weighted by molar-refractivity contribution is 6.03. The van der Waals surface area contributed by atoms with Crippen LogP contribution in [0.25, 0.3) is 16.7 Å². The number of aromatic nitrogens is 2. The molecule has 0 saturated carbocycles. The molecule has 0 bridgehead atoms. The number of anilines is 1. The van der Waals surface area contributed by atoms with Gasteiger partial charge in [0.1, 0.15) is 11.5 Å². The lowest BCUT2D eigenvalue weighted by molar-refractivity contribution is -0.138. The first kappa shape index (κ1) is 25.4. The van der Waals surface area contributed by atoms with Gasteiger partial charge in [-0.3, -0.25) is 4.57 Å². The number of carbonyl (C=O) groups is 1. The van der Waals surface area contributed by atoms with Gasteiger partial charge in [0.25, 0.3) is 0 Å². The van der Waals surface area contributed by atoms with Crippen LogP contribution in [0.3, 0.4) is 0 Å². The normalized spacial score (nSPS) is 14.8. The van der Waals surface area contributed by atoms with Crippen LogP contribution in [0.5, 0.6) is 11.5 Å². The molecule has 7 nitrogen and oxygen atoms in total. The third-order valence-corrected chi connectivity index (χ3v) is 6.67. The van der Waals surface area contributed by atoms with E-state index in [1.807, 2.05) is 79.7 Å². The second kappa shape index (κ2) is 11.0. The number of methoxy groups -OCH3 is 1. The molecule has 1 N–H and O–H groups in total. The summed E-state index contributed by atoms with van der Waals surface area (Å²) < 4.78 is 19.0. The fraction of sp³-hybridized carbons (Fsp3) is 0.290. The number of nitrogens with one attached hydrogen (secondary N) is 1. The van der Waals surface area contributed by atoms with Crippen molar-refractivity contribution in [3.63, 3.8) is 0 Å². The van der Waals surface area contributed by atoms with Gasteiger partial charge in [0.05, 0.1) is 48.7 Å². The molecule has 5 rings (SSSR count). The molecule has 0 spiro atoms. The van der Waals surface area contributed by atoms with E-state index in [1.165, 1.54) is 0 Å². The van der Waals surface area contributed by atoms with Crippen LogP contribution >= 0.6 is 0 Å². The molecule has 0 saturated heterocycles. The molecule has 1 aliphatic rings. The molecule has 0 fully saturated rings. The first-order valence-corrected chi connectivity index (χ1v) is 13.0. The van der Waals surface area contributed by atoms with Crippen molar-refractivity contribution < 1.29 is 19.0 Å². The summed E-state index contributed by atoms with van der Waals surface area (Å²) in [7, 11) is 1.63.